The molecule has 0 aromatic rings. The first kappa shape index (κ1) is 13.4. The molecule has 1 nitrogen and oxygen atoms in total. The highest BCUT2D eigenvalue weighted by molar-refractivity contribution is 8.18. The maximum Gasteiger partial charge on any atom is 0.142 e. The Balaban J connectivity index is 1.94. The number of Topliss-reactive ketones (excluding diaryl/α,β-unsaturated/α-hetero) is 1. The maximum absolute atomic E-state index is 12.7. The monoisotopic (exact) mass is 284 g/mol. The molecule has 0 radical (unpaired) electrons. The van der Waals surface area contributed by atoms with Crippen molar-refractivity contribution < 1.29 is 4.79 Å². The van der Waals surface area contributed by atoms with Gasteiger partial charge < -0.3 is 0 Å². The van der Waals surface area contributed by atoms with Gasteiger partial charge >= 0.3 is 0 Å². The summed E-state index contributed by atoms with van der Waals surface area (Å²) in [6.07, 6.45) is 5.05. The lowest BCUT2D eigenvalue weighted by molar-refractivity contribution is -0.129. The Hall–Kier alpha value is 0.370. The second kappa shape index (κ2) is 4.44. The number of carbonyl (C=O) groups is 1. The average molecular weight is 284 g/mol. The third kappa shape index (κ3) is 1.88. The van der Waals surface area contributed by atoms with E-state index >= 15 is 0 Å². The number of carbonyl (C=O) groups excluding carboxylic acids is 1. The second-order valence-electron chi connectivity index (χ2n) is 6.96. The van der Waals surface area contributed by atoms with Crippen LogP contribution in [0.15, 0.2) is 0 Å². The zero-order valence-electron chi connectivity index (χ0n) is 11.7. The van der Waals surface area contributed by atoms with Crippen LogP contribution in [-0.4, -0.2) is 21.4 Å². The van der Waals surface area contributed by atoms with E-state index in [0.717, 1.165) is 6.42 Å². The molecule has 3 aliphatic rings. The Labute approximate surface area is 119 Å². The van der Waals surface area contributed by atoms with Gasteiger partial charge in [-0.3, -0.25) is 4.79 Å². The molecule has 2 aliphatic carbocycles. The van der Waals surface area contributed by atoms with Gasteiger partial charge in [-0.25, -0.2) is 0 Å². The van der Waals surface area contributed by atoms with Crippen molar-refractivity contribution >= 4 is 29.3 Å². The van der Waals surface area contributed by atoms with E-state index in [9.17, 15) is 4.79 Å². The van der Waals surface area contributed by atoms with Crippen LogP contribution in [0.1, 0.15) is 46.5 Å². The average Bonchev–Trinajstić information content (AvgIpc) is 2.59. The largest absolute Gasteiger partial charge is 0.299 e. The van der Waals surface area contributed by atoms with Gasteiger partial charge in [0, 0.05) is 11.3 Å². The van der Waals surface area contributed by atoms with E-state index in [4.69, 9.17) is 0 Å². The lowest BCUT2D eigenvalue weighted by Crippen LogP contribution is -2.44. The molecule has 3 heteroatoms. The zero-order valence-corrected chi connectivity index (χ0v) is 13.3. The van der Waals surface area contributed by atoms with Gasteiger partial charge in [0.15, 0.2) is 0 Å². The highest BCUT2D eigenvalue weighted by Crippen LogP contribution is 2.63. The molecule has 102 valence electrons. The molecule has 3 fully saturated rings. The van der Waals surface area contributed by atoms with E-state index in [1.807, 2.05) is 0 Å². The minimum absolute atomic E-state index is 0.0699. The fourth-order valence-electron chi connectivity index (χ4n) is 4.24. The topological polar surface area (TPSA) is 17.1 Å². The molecule has 0 N–H and O–H groups in total. The number of fused-ring (bicyclic) bond motifs is 2. The summed E-state index contributed by atoms with van der Waals surface area (Å²) in [6, 6.07) is 0. The molecule has 0 amide bonds. The first-order chi connectivity index (χ1) is 8.46. The highest BCUT2D eigenvalue weighted by atomic mass is 32.2. The fraction of sp³-hybridized carbons (Fsp3) is 0.933. The predicted molar refractivity (Wildman–Crippen MR) is 81.0 cm³/mol. The van der Waals surface area contributed by atoms with Crippen molar-refractivity contribution in [3.8, 4) is 0 Å². The molecule has 1 aliphatic heterocycles. The molecule has 1 saturated heterocycles. The number of hydrogen-bond donors (Lipinski definition) is 0. The lowest BCUT2D eigenvalue weighted by atomic mass is 9.73. The standard InChI is InChI=1S/C15H24OS2/c1-10-5-6-15(17-7-4-8-18-15)11-9-14(2,3)13(16)12(10)11/h10-12H,4-9H2,1-3H3/t10-,11+,12+/m1/s1. The number of ketones is 1. The van der Waals surface area contributed by atoms with E-state index < -0.39 is 0 Å². The zero-order chi connectivity index (χ0) is 13.0. The molecule has 0 bridgehead atoms. The van der Waals surface area contributed by atoms with E-state index in [1.165, 1.54) is 30.8 Å². The summed E-state index contributed by atoms with van der Waals surface area (Å²) in [7, 11) is 0. The fourth-order valence-corrected chi connectivity index (χ4v) is 7.93. The Morgan fingerprint density at radius 3 is 2.56 bits per heavy atom. The van der Waals surface area contributed by atoms with Crippen molar-refractivity contribution in [2.45, 2.75) is 50.5 Å². The smallest absolute Gasteiger partial charge is 0.142 e. The molecule has 0 unspecified atom stereocenters. The molecule has 1 spiro atoms. The summed E-state index contributed by atoms with van der Waals surface area (Å²) >= 11 is 4.36. The maximum atomic E-state index is 12.7. The third-order valence-corrected chi connectivity index (χ3v) is 8.92. The molecule has 3 atom stereocenters. The van der Waals surface area contributed by atoms with Gasteiger partial charge in [0.25, 0.3) is 0 Å². The van der Waals surface area contributed by atoms with Crippen molar-refractivity contribution in [2.75, 3.05) is 11.5 Å². The van der Waals surface area contributed by atoms with Crippen LogP contribution in [0.2, 0.25) is 0 Å². The first-order valence-corrected chi connectivity index (χ1v) is 9.26. The summed E-state index contributed by atoms with van der Waals surface area (Å²) in [5, 5.41) is 0. The van der Waals surface area contributed by atoms with E-state index in [2.05, 4.69) is 44.3 Å². The van der Waals surface area contributed by atoms with Crippen LogP contribution >= 0.6 is 23.5 Å². The van der Waals surface area contributed by atoms with Crippen molar-refractivity contribution in [1.82, 2.24) is 0 Å². The Bertz CT molecular complexity index is 358. The van der Waals surface area contributed by atoms with Crippen LogP contribution in [0.4, 0.5) is 0 Å². The molecule has 18 heavy (non-hydrogen) atoms. The highest BCUT2D eigenvalue weighted by Gasteiger charge is 2.59. The van der Waals surface area contributed by atoms with Crippen molar-refractivity contribution in [3.05, 3.63) is 0 Å². The Morgan fingerprint density at radius 2 is 1.89 bits per heavy atom. The molecule has 0 aromatic carbocycles. The minimum Gasteiger partial charge on any atom is -0.299 e. The van der Waals surface area contributed by atoms with Crippen LogP contribution in [-0.2, 0) is 4.79 Å². The summed E-state index contributed by atoms with van der Waals surface area (Å²) in [5.74, 6) is 4.77. The quantitative estimate of drug-likeness (QED) is 0.663. The van der Waals surface area contributed by atoms with E-state index in [1.54, 1.807) is 0 Å². The van der Waals surface area contributed by atoms with Crippen molar-refractivity contribution in [3.63, 3.8) is 0 Å². The van der Waals surface area contributed by atoms with Gasteiger partial charge in [-0.15, -0.1) is 23.5 Å². The van der Waals surface area contributed by atoms with Crippen LogP contribution in [0.3, 0.4) is 0 Å². The normalized spacial score (nSPS) is 41.9. The summed E-state index contributed by atoms with van der Waals surface area (Å²) in [5.41, 5.74) is -0.0699. The van der Waals surface area contributed by atoms with Gasteiger partial charge in [0.1, 0.15) is 5.78 Å². The molecule has 0 aromatic heterocycles. The third-order valence-electron chi connectivity index (χ3n) is 5.24. The van der Waals surface area contributed by atoms with Gasteiger partial charge in [0.2, 0.25) is 0 Å². The summed E-state index contributed by atoms with van der Waals surface area (Å²) in [4.78, 5) is 12.7. The first-order valence-electron chi connectivity index (χ1n) is 7.28. The van der Waals surface area contributed by atoms with Crippen LogP contribution in [0.5, 0.6) is 0 Å². The number of hydrogen-bond acceptors (Lipinski definition) is 3. The minimum atomic E-state index is -0.0699. The van der Waals surface area contributed by atoms with Gasteiger partial charge in [-0.05, 0) is 49.0 Å². The number of rotatable bonds is 0. The molecular formula is C15H24OS2. The predicted octanol–water partition coefficient (Wildman–Crippen LogP) is 4.21. The van der Waals surface area contributed by atoms with Crippen molar-refractivity contribution in [1.29, 1.82) is 0 Å². The molecule has 2 saturated carbocycles. The summed E-state index contributed by atoms with van der Waals surface area (Å²) < 4.78 is 0.388. The summed E-state index contributed by atoms with van der Waals surface area (Å²) in [6.45, 7) is 6.65. The van der Waals surface area contributed by atoms with Gasteiger partial charge in [-0.1, -0.05) is 20.8 Å². The van der Waals surface area contributed by atoms with Crippen LogP contribution in [0, 0.1) is 23.2 Å². The Morgan fingerprint density at radius 1 is 1.22 bits per heavy atom. The van der Waals surface area contributed by atoms with Crippen molar-refractivity contribution in [2.24, 2.45) is 23.2 Å². The SMILES string of the molecule is C[C@@H]1CCC2(SCCCS2)[C@H]2CC(C)(C)C(=O)[C@@H]12. The van der Waals surface area contributed by atoms with Crippen LogP contribution in [0.25, 0.3) is 0 Å². The molecule has 3 rings (SSSR count). The molecular weight excluding hydrogens is 260 g/mol. The van der Waals surface area contributed by atoms with E-state index in [0.29, 0.717) is 27.6 Å². The van der Waals surface area contributed by atoms with Crippen LogP contribution < -0.4 is 0 Å². The second-order valence-corrected chi connectivity index (χ2v) is 10.1. The molecule has 1 heterocycles. The lowest BCUT2D eigenvalue weighted by Gasteiger charge is -2.48. The van der Waals surface area contributed by atoms with Gasteiger partial charge in [-0.2, -0.15) is 0 Å². The van der Waals surface area contributed by atoms with E-state index in [-0.39, 0.29) is 5.41 Å². The van der Waals surface area contributed by atoms with Gasteiger partial charge in [0.05, 0.1) is 4.08 Å². The number of thioether (sulfide) groups is 2. The Kier molecular flexibility index (Phi) is 3.30.